The minimum atomic E-state index is -1.65. The fraction of sp³-hybridized carbons (Fsp3) is 1.00. The van der Waals surface area contributed by atoms with Crippen molar-refractivity contribution in [1.29, 1.82) is 0 Å². The van der Waals surface area contributed by atoms with Crippen LogP contribution >= 0.6 is 0 Å². The Balaban J connectivity index is 1.90. The molecule has 0 aromatic heterocycles. The minimum absolute atomic E-state index is 0.255. The Morgan fingerprint density at radius 1 is 0.650 bits per heavy atom. The lowest BCUT2D eigenvalue weighted by Crippen LogP contribution is -2.57. The average molecular weight is 298 g/mol. The topological polar surface area (TPSA) is 158 Å². The summed E-state index contributed by atoms with van der Waals surface area (Å²) < 4.78 is 19.3. The molecular formula is C10H18O10. The van der Waals surface area contributed by atoms with E-state index in [1.807, 2.05) is 0 Å². The molecule has 2 heterocycles. The highest BCUT2D eigenvalue weighted by Gasteiger charge is 2.42. The van der Waals surface area contributed by atoms with E-state index in [-0.39, 0.29) is 13.2 Å². The zero-order valence-corrected chi connectivity index (χ0v) is 10.3. The number of aliphatic hydroxyl groups excluding tert-OH is 6. The van der Waals surface area contributed by atoms with E-state index >= 15 is 0 Å². The van der Waals surface area contributed by atoms with E-state index in [4.69, 9.17) is 29.2 Å². The van der Waals surface area contributed by atoms with Crippen LogP contribution in [0.25, 0.3) is 0 Å². The van der Waals surface area contributed by atoms with Crippen molar-refractivity contribution < 1.29 is 49.6 Å². The van der Waals surface area contributed by atoms with Crippen LogP contribution in [0.5, 0.6) is 0 Å². The van der Waals surface area contributed by atoms with Crippen LogP contribution in [-0.2, 0) is 18.9 Å². The van der Waals surface area contributed by atoms with Crippen molar-refractivity contribution in [3.63, 3.8) is 0 Å². The minimum Gasteiger partial charge on any atom is -0.387 e. The van der Waals surface area contributed by atoms with Gasteiger partial charge in [0.15, 0.2) is 0 Å². The number of aliphatic hydroxyl groups is 6. The van der Waals surface area contributed by atoms with E-state index < -0.39 is 49.6 Å². The molecule has 0 aliphatic carbocycles. The molecule has 0 radical (unpaired) electrons. The molecule has 20 heavy (non-hydrogen) atoms. The largest absolute Gasteiger partial charge is 0.387 e. The highest BCUT2D eigenvalue weighted by molar-refractivity contribution is 4.86. The first kappa shape index (κ1) is 16.0. The van der Waals surface area contributed by atoms with Crippen LogP contribution < -0.4 is 0 Å². The third kappa shape index (κ3) is 3.43. The van der Waals surface area contributed by atoms with Crippen LogP contribution in [0.1, 0.15) is 0 Å². The maximum Gasteiger partial charge on any atom is 0.207 e. The molecule has 8 atom stereocenters. The first-order chi connectivity index (χ1) is 9.40. The molecule has 0 spiro atoms. The summed E-state index contributed by atoms with van der Waals surface area (Å²) >= 11 is 0. The third-order valence-corrected chi connectivity index (χ3v) is 3.09. The van der Waals surface area contributed by atoms with Crippen molar-refractivity contribution in [3.8, 4) is 0 Å². The number of hydrogen-bond donors (Lipinski definition) is 6. The lowest BCUT2D eigenvalue weighted by Gasteiger charge is -2.38. The smallest absolute Gasteiger partial charge is 0.207 e. The Hall–Kier alpha value is -0.400. The van der Waals surface area contributed by atoms with Gasteiger partial charge in [-0.1, -0.05) is 0 Å². The molecule has 10 nitrogen and oxygen atoms in total. The van der Waals surface area contributed by atoms with Crippen LogP contribution in [0.3, 0.4) is 0 Å². The molecule has 2 fully saturated rings. The molecule has 2 rings (SSSR count). The lowest BCUT2D eigenvalue weighted by atomic mass is 10.0. The monoisotopic (exact) mass is 298 g/mol. The Bertz CT molecular complexity index is 284. The number of rotatable bonds is 3. The van der Waals surface area contributed by atoms with E-state index in [0.717, 1.165) is 0 Å². The quantitative estimate of drug-likeness (QED) is 0.302. The molecular weight excluding hydrogens is 280 g/mol. The molecule has 6 N–H and O–H groups in total. The van der Waals surface area contributed by atoms with Crippen LogP contribution in [0.15, 0.2) is 0 Å². The van der Waals surface area contributed by atoms with Crippen LogP contribution in [-0.4, -0.2) is 93.4 Å². The SMILES string of the molecule is OC1OCC(C(O)C(O)C2COC(O)C(O)O2)OC1O. The van der Waals surface area contributed by atoms with Gasteiger partial charge >= 0.3 is 0 Å². The van der Waals surface area contributed by atoms with Gasteiger partial charge in [0, 0.05) is 0 Å². The summed E-state index contributed by atoms with van der Waals surface area (Å²) in [4.78, 5) is 0. The summed E-state index contributed by atoms with van der Waals surface area (Å²) in [5.74, 6) is 0. The van der Waals surface area contributed by atoms with E-state index in [2.05, 4.69) is 0 Å². The summed E-state index contributed by atoms with van der Waals surface area (Å²) in [5, 5.41) is 56.5. The fourth-order valence-corrected chi connectivity index (χ4v) is 1.92. The highest BCUT2D eigenvalue weighted by Crippen LogP contribution is 2.21. The maximum atomic E-state index is 9.92. The van der Waals surface area contributed by atoms with Gasteiger partial charge in [0.1, 0.15) is 24.4 Å². The van der Waals surface area contributed by atoms with E-state index in [9.17, 15) is 20.4 Å². The van der Waals surface area contributed by atoms with Crippen LogP contribution in [0.2, 0.25) is 0 Å². The predicted molar refractivity (Wildman–Crippen MR) is 57.7 cm³/mol. The Kier molecular flexibility index (Phi) is 5.25. The van der Waals surface area contributed by atoms with Gasteiger partial charge in [0.05, 0.1) is 13.2 Å². The molecule has 8 unspecified atom stereocenters. The van der Waals surface area contributed by atoms with Crippen molar-refractivity contribution in [2.24, 2.45) is 0 Å². The van der Waals surface area contributed by atoms with Crippen LogP contribution in [0, 0.1) is 0 Å². The van der Waals surface area contributed by atoms with E-state index in [0.29, 0.717) is 0 Å². The van der Waals surface area contributed by atoms with Crippen LogP contribution in [0.4, 0.5) is 0 Å². The molecule has 0 bridgehead atoms. The van der Waals surface area contributed by atoms with Gasteiger partial charge in [-0.05, 0) is 0 Å². The van der Waals surface area contributed by atoms with Gasteiger partial charge in [0.25, 0.3) is 0 Å². The van der Waals surface area contributed by atoms with E-state index in [1.165, 1.54) is 0 Å². The highest BCUT2D eigenvalue weighted by atomic mass is 16.7. The Morgan fingerprint density at radius 2 is 1.00 bits per heavy atom. The van der Waals surface area contributed by atoms with Crippen molar-refractivity contribution in [2.75, 3.05) is 13.2 Å². The third-order valence-electron chi connectivity index (χ3n) is 3.09. The summed E-state index contributed by atoms with van der Waals surface area (Å²) in [6, 6.07) is 0. The summed E-state index contributed by atoms with van der Waals surface area (Å²) in [6.45, 7) is -0.510. The molecule has 2 aliphatic heterocycles. The normalized spacial score (nSPS) is 45.9. The molecule has 0 aromatic rings. The van der Waals surface area contributed by atoms with Gasteiger partial charge in [0.2, 0.25) is 25.2 Å². The molecule has 2 saturated heterocycles. The second-order valence-electron chi connectivity index (χ2n) is 4.56. The zero-order chi connectivity index (χ0) is 14.9. The molecule has 0 amide bonds. The lowest BCUT2D eigenvalue weighted by molar-refractivity contribution is -0.347. The fourth-order valence-electron chi connectivity index (χ4n) is 1.92. The van der Waals surface area contributed by atoms with Gasteiger partial charge in [-0.15, -0.1) is 0 Å². The Labute approximate surface area is 113 Å². The standard InChI is InChI=1S/C10H18O10/c11-5(3-1-17-7(13)9(15)19-3)6(12)4-2-18-8(14)10(16)20-4/h3-16H,1-2H2. The summed E-state index contributed by atoms with van der Waals surface area (Å²) in [6.07, 6.45) is -11.6. The van der Waals surface area contributed by atoms with Crippen molar-refractivity contribution in [1.82, 2.24) is 0 Å². The number of hydrogen-bond acceptors (Lipinski definition) is 10. The average Bonchev–Trinajstić information content (AvgIpc) is 2.43. The second-order valence-corrected chi connectivity index (χ2v) is 4.56. The summed E-state index contributed by atoms with van der Waals surface area (Å²) in [5.41, 5.74) is 0. The molecule has 118 valence electrons. The maximum absolute atomic E-state index is 9.92. The summed E-state index contributed by atoms with van der Waals surface area (Å²) in [7, 11) is 0. The molecule has 0 aromatic carbocycles. The predicted octanol–water partition coefficient (Wildman–Crippen LogP) is -4.19. The van der Waals surface area contributed by atoms with Gasteiger partial charge in [-0.25, -0.2) is 0 Å². The van der Waals surface area contributed by atoms with E-state index in [1.54, 1.807) is 0 Å². The second kappa shape index (κ2) is 6.58. The Morgan fingerprint density at radius 3 is 1.30 bits per heavy atom. The first-order valence-electron chi connectivity index (χ1n) is 6.02. The molecule has 10 heteroatoms. The molecule has 0 saturated carbocycles. The first-order valence-corrected chi connectivity index (χ1v) is 6.02. The van der Waals surface area contributed by atoms with Gasteiger partial charge in [-0.2, -0.15) is 0 Å². The van der Waals surface area contributed by atoms with Gasteiger partial charge < -0.3 is 49.6 Å². The van der Waals surface area contributed by atoms with Gasteiger partial charge in [-0.3, -0.25) is 0 Å². The van der Waals surface area contributed by atoms with Crippen molar-refractivity contribution >= 4 is 0 Å². The zero-order valence-electron chi connectivity index (χ0n) is 10.3. The molecule has 2 aliphatic rings. The van der Waals surface area contributed by atoms with Crippen molar-refractivity contribution in [3.05, 3.63) is 0 Å². The van der Waals surface area contributed by atoms with Crippen molar-refractivity contribution in [2.45, 2.75) is 49.6 Å². The number of ether oxygens (including phenoxy) is 4.